The number of rotatable bonds is 4. The van der Waals surface area contributed by atoms with Gasteiger partial charge in [-0.2, -0.15) is 0 Å². The molecule has 0 saturated carbocycles. The Morgan fingerprint density at radius 2 is 2.41 bits per heavy atom. The van der Waals surface area contributed by atoms with E-state index in [9.17, 15) is 9.18 Å². The Labute approximate surface area is 99.5 Å². The third-order valence-electron chi connectivity index (χ3n) is 2.92. The van der Waals surface area contributed by atoms with Crippen LogP contribution in [-0.2, 0) is 16.0 Å². The van der Waals surface area contributed by atoms with Crippen molar-refractivity contribution in [2.75, 3.05) is 13.7 Å². The van der Waals surface area contributed by atoms with E-state index in [1.807, 2.05) is 0 Å². The average Bonchev–Trinajstić information content (AvgIpc) is 2.85. The van der Waals surface area contributed by atoms with Crippen LogP contribution in [0.2, 0.25) is 0 Å². The number of ketones is 1. The first-order chi connectivity index (χ1) is 8.22. The molecule has 0 aliphatic carbocycles. The quantitative estimate of drug-likeness (QED) is 0.806. The van der Waals surface area contributed by atoms with Gasteiger partial charge < -0.3 is 9.47 Å². The van der Waals surface area contributed by atoms with Crippen molar-refractivity contribution in [3.05, 3.63) is 29.6 Å². The second-order valence-corrected chi connectivity index (χ2v) is 4.08. The second-order valence-electron chi connectivity index (χ2n) is 4.08. The molecule has 1 atom stereocenters. The highest BCUT2D eigenvalue weighted by atomic mass is 19.1. The lowest BCUT2D eigenvalue weighted by molar-refractivity contribution is -0.127. The van der Waals surface area contributed by atoms with Gasteiger partial charge in [-0.15, -0.1) is 0 Å². The van der Waals surface area contributed by atoms with Crippen molar-refractivity contribution in [2.24, 2.45) is 0 Å². The molecule has 17 heavy (non-hydrogen) atoms. The van der Waals surface area contributed by atoms with E-state index >= 15 is 0 Å². The van der Waals surface area contributed by atoms with Gasteiger partial charge in [-0.3, -0.25) is 4.79 Å². The molecule has 1 saturated heterocycles. The summed E-state index contributed by atoms with van der Waals surface area (Å²) in [7, 11) is 1.41. The van der Waals surface area contributed by atoms with Crippen LogP contribution in [0.25, 0.3) is 0 Å². The normalized spacial score (nSPS) is 19.3. The summed E-state index contributed by atoms with van der Waals surface area (Å²) >= 11 is 0. The van der Waals surface area contributed by atoms with Crippen molar-refractivity contribution in [2.45, 2.75) is 25.4 Å². The van der Waals surface area contributed by atoms with Gasteiger partial charge in [-0.05, 0) is 24.5 Å². The van der Waals surface area contributed by atoms with Gasteiger partial charge in [-0.1, -0.05) is 12.1 Å². The van der Waals surface area contributed by atoms with E-state index in [4.69, 9.17) is 9.47 Å². The number of methoxy groups -OCH3 is 1. The Bertz CT molecular complexity index is 411. The van der Waals surface area contributed by atoms with Crippen molar-refractivity contribution in [3.8, 4) is 5.75 Å². The van der Waals surface area contributed by atoms with E-state index in [1.54, 1.807) is 12.1 Å². The zero-order valence-electron chi connectivity index (χ0n) is 9.74. The number of carbonyl (C=O) groups excluding carboxylic acids is 1. The monoisotopic (exact) mass is 238 g/mol. The molecule has 0 aromatic heterocycles. The number of ether oxygens (including phenoxy) is 2. The summed E-state index contributed by atoms with van der Waals surface area (Å²) in [5.41, 5.74) is 0.366. The van der Waals surface area contributed by atoms with Gasteiger partial charge in [0.25, 0.3) is 0 Å². The largest absolute Gasteiger partial charge is 0.494 e. The van der Waals surface area contributed by atoms with Crippen LogP contribution >= 0.6 is 0 Å². The number of hydrogen-bond donors (Lipinski definition) is 0. The smallest absolute Gasteiger partial charge is 0.168 e. The minimum atomic E-state index is -0.457. The van der Waals surface area contributed by atoms with Crippen LogP contribution in [0.4, 0.5) is 4.39 Å². The van der Waals surface area contributed by atoms with Gasteiger partial charge >= 0.3 is 0 Å². The van der Waals surface area contributed by atoms with Gasteiger partial charge in [0.2, 0.25) is 0 Å². The fourth-order valence-electron chi connectivity index (χ4n) is 1.98. The van der Waals surface area contributed by atoms with Crippen molar-refractivity contribution < 1.29 is 18.7 Å². The zero-order chi connectivity index (χ0) is 12.3. The van der Waals surface area contributed by atoms with Crippen LogP contribution in [-0.4, -0.2) is 25.6 Å². The van der Waals surface area contributed by atoms with Crippen molar-refractivity contribution in [3.63, 3.8) is 0 Å². The summed E-state index contributed by atoms with van der Waals surface area (Å²) < 4.78 is 24.0. The maximum absolute atomic E-state index is 13.8. The summed E-state index contributed by atoms with van der Waals surface area (Å²) in [5.74, 6) is -0.348. The standard InChI is InChI=1S/C13H15FO3/c1-16-12-5-2-4-9(13(12)14)8-10(15)11-6-3-7-17-11/h2,4-5,11H,3,6-8H2,1H3. The van der Waals surface area contributed by atoms with Crippen molar-refractivity contribution in [1.29, 1.82) is 0 Å². The Balaban J connectivity index is 2.10. The molecule has 0 bridgehead atoms. The predicted octanol–water partition coefficient (Wildman–Crippen LogP) is 2.12. The molecular weight excluding hydrogens is 223 g/mol. The lowest BCUT2D eigenvalue weighted by atomic mass is 10.0. The van der Waals surface area contributed by atoms with Crippen LogP contribution in [0.3, 0.4) is 0 Å². The van der Waals surface area contributed by atoms with E-state index in [-0.39, 0.29) is 24.1 Å². The summed E-state index contributed by atoms with van der Waals surface area (Å²) in [6, 6.07) is 4.82. The van der Waals surface area contributed by atoms with Gasteiger partial charge in [0.15, 0.2) is 17.3 Å². The topological polar surface area (TPSA) is 35.5 Å². The number of Topliss-reactive ketones (excluding diaryl/α,β-unsaturated/α-hetero) is 1. The van der Waals surface area contributed by atoms with Crippen LogP contribution < -0.4 is 4.74 Å². The molecule has 1 unspecified atom stereocenters. The highest BCUT2D eigenvalue weighted by molar-refractivity contribution is 5.85. The summed E-state index contributed by atoms with van der Waals surface area (Å²) in [4.78, 5) is 11.8. The Hall–Kier alpha value is -1.42. The molecule has 0 N–H and O–H groups in total. The number of halogens is 1. The van der Waals surface area contributed by atoms with Gasteiger partial charge in [0.1, 0.15) is 6.10 Å². The molecule has 0 radical (unpaired) electrons. The summed E-state index contributed by atoms with van der Waals surface area (Å²) in [6.45, 7) is 0.622. The summed E-state index contributed by atoms with van der Waals surface area (Å²) in [5, 5.41) is 0. The van der Waals surface area contributed by atoms with Crippen molar-refractivity contribution >= 4 is 5.78 Å². The Morgan fingerprint density at radius 3 is 3.06 bits per heavy atom. The molecule has 1 aliphatic heterocycles. The molecule has 1 aromatic rings. The van der Waals surface area contributed by atoms with Crippen LogP contribution in [0.1, 0.15) is 18.4 Å². The minimum absolute atomic E-state index is 0.0605. The van der Waals surface area contributed by atoms with E-state index in [0.29, 0.717) is 12.2 Å². The molecule has 2 rings (SSSR count). The fraction of sp³-hybridized carbons (Fsp3) is 0.462. The van der Waals surface area contributed by atoms with Gasteiger partial charge in [-0.25, -0.2) is 4.39 Å². The average molecular weight is 238 g/mol. The molecular formula is C13H15FO3. The molecule has 3 nitrogen and oxygen atoms in total. The molecule has 0 spiro atoms. The van der Waals surface area contributed by atoms with E-state index in [2.05, 4.69) is 0 Å². The third-order valence-corrected chi connectivity index (χ3v) is 2.92. The van der Waals surface area contributed by atoms with Gasteiger partial charge in [0.05, 0.1) is 7.11 Å². The second kappa shape index (κ2) is 5.27. The number of benzene rings is 1. The van der Waals surface area contributed by atoms with Gasteiger partial charge in [0, 0.05) is 13.0 Å². The molecule has 92 valence electrons. The molecule has 1 aliphatic rings. The van der Waals surface area contributed by atoms with E-state index < -0.39 is 5.82 Å². The summed E-state index contributed by atoms with van der Waals surface area (Å²) in [6.07, 6.45) is 1.34. The van der Waals surface area contributed by atoms with E-state index in [0.717, 1.165) is 12.8 Å². The molecule has 1 aromatic carbocycles. The molecule has 1 heterocycles. The van der Waals surface area contributed by atoms with Crippen molar-refractivity contribution in [1.82, 2.24) is 0 Å². The number of carbonyl (C=O) groups is 1. The highest BCUT2D eigenvalue weighted by Gasteiger charge is 2.24. The van der Waals surface area contributed by atoms with Crippen LogP contribution in [0, 0.1) is 5.82 Å². The predicted molar refractivity (Wildman–Crippen MR) is 60.6 cm³/mol. The lowest BCUT2D eigenvalue weighted by Crippen LogP contribution is -2.21. The molecule has 4 heteroatoms. The first-order valence-electron chi connectivity index (χ1n) is 5.68. The molecule has 0 amide bonds. The molecule has 1 fully saturated rings. The number of hydrogen-bond acceptors (Lipinski definition) is 3. The van der Waals surface area contributed by atoms with E-state index in [1.165, 1.54) is 13.2 Å². The Morgan fingerprint density at radius 1 is 1.59 bits per heavy atom. The first kappa shape index (κ1) is 12.0. The highest BCUT2D eigenvalue weighted by Crippen LogP contribution is 2.22. The minimum Gasteiger partial charge on any atom is -0.494 e. The maximum Gasteiger partial charge on any atom is 0.168 e. The first-order valence-corrected chi connectivity index (χ1v) is 5.68. The SMILES string of the molecule is COc1cccc(CC(=O)C2CCCO2)c1F. The third kappa shape index (κ3) is 2.64. The fourth-order valence-corrected chi connectivity index (χ4v) is 1.98. The Kier molecular flexibility index (Phi) is 3.74. The lowest BCUT2D eigenvalue weighted by Gasteiger charge is -2.10. The maximum atomic E-state index is 13.8. The zero-order valence-corrected chi connectivity index (χ0v) is 9.74. The van der Waals surface area contributed by atoms with Crippen LogP contribution in [0.15, 0.2) is 18.2 Å². The van der Waals surface area contributed by atoms with Crippen LogP contribution in [0.5, 0.6) is 5.75 Å².